The zero-order valence-corrected chi connectivity index (χ0v) is 17.1. The maximum Gasteiger partial charge on any atom is 0.343 e. The molecule has 0 saturated carbocycles. The van der Waals surface area contributed by atoms with Gasteiger partial charge in [-0.15, -0.1) is 0 Å². The minimum Gasteiger partial charge on any atom is -0.477 e. The minimum atomic E-state index is -1.20. The Morgan fingerprint density at radius 1 is 1.30 bits per heavy atom. The van der Waals surface area contributed by atoms with Gasteiger partial charge in [-0.2, -0.15) is 5.10 Å². The predicted molar refractivity (Wildman–Crippen MR) is 114 cm³/mol. The zero-order valence-electron chi connectivity index (χ0n) is 16.3. The highest BCUT2D eigenvalue weighted by atomic mass is 35.5. The van der Waals surface area contributed by atoms with Crippen molar-refractivity contribution in [1.29, 1.82) is 0 Å². The van der Waals surface area contributed by atoms with Crippen LogP contribution in [0.4, 0.5) is 11.6 Å². The number of imidazole rings is 1. The Morgan fingerprint density at radius 2 is 2.07 bits per heavy atom. The van der Waals surface area contributed by atoms with Crippen LogP contribution < -0.4 is 11.1 Å². The molecule has 0 radical (unpaired) electrons. The van der Waals surface area contributed by atoms with Crippen molar-refractivity contribution in [2.45, 2.75) is 25.8 Å². The summed E-state index contributed by atoms with van der Waals surface area (Å²) in [6, 6.07) is 1.56. The Labute approximate surface area is 177 Å². The molecule has 1 aliphatic carbocycles. The zero-order chi connectivity index (χ0) is 21.4. The number of carboxylic acid groups (broad SMARTS) is 1. The van der Waals surface area contributed by atoms with Gasteiger partial charge >= 0.3 is 5.97 Å². The van der Waals surface area contributed by atoms with Crippen molar-refractivity contribution in [3.05, 3.63) is 64.9 Å². The number of hydrogen-bond acceptors (Lipinski definition) is 7. The number of carbonyl (C=O) groups is 1. The molecule has 30 heavy (non-hydrogen) atoms. The van der Waals surface area contributed by atoms with Crippen LogP contribution in [0.15, 0.2) is 42.9 Å². The van der Waals surface area contributed by atoms with Crippen LogP contribution in [0, 0.1) is 5.92 Å². The average Bonchev–Trinajstić information content (AvgIpc) is 3.07. The Balaban J connectivity index is 1.81. The highest BCUT2D eigenvalue weighted by Gasteiger charge is 2.26. The predicted octanol–water partition coefficient (Wildman–Crippen LogP) is 3.47. The van der Waals surface area contributed by atoms with Crippen molar-refractivity contribution < 1.29 is 9.90 Å². The van der Waals surface area contributed by atoms with E-state index >= 15 is 0 Å². The molecule has 0 saturated heterocycles. The van der Waals surface area contributed by atoms with E-state index in [0.717, 1.165) is 11.3 Å². The first-order valence-corrected chi connectivity index (χ1v) is 9.74. The fourth-order valence-electron chi connectivity index (χ4n) is 3.58. The number of anilines is 2. The molecule has 1 aliphatic rings. The van der Waals surface area contributed by atoms with E-state index in [-0.39, 0.29) is 35.1 Å². The fourth-order valence-corrected chi connectivity index (χ4v) is 3.75. The molecule has 0 fully saturated rings. The second-order valence-corrected chi connectivity index (χ2v) is 7.53. The lowest BCUT2D eigenvalue weighted by Crippen LogP contribution is -2.20. The summed E-state index contributed by atoms with van der Waals surface area (Å²) >= 11 is 6.25. The normalized spacial score (nSPS) is 19.2. The van der Waals surface area contributed by atoms with Gasteiger partial charge in [0.25, 0.3) is 0 Å². The molecule has 2 unspecified atom stereocenters. The van der Waals surface area contributed by atoms with Crippen LogP contribution >= 0.6 is 11.6 Å². The number of hydrogen-bond donors (Lipinski definition) is 3. The van der Waals surface area contributed by atoms with Crippen molar-refractivity contribution in [2.24, 2.45) is 5.92 Å². The number of nitrogens with zero attached hydrogens (tertiary/aromatic N) is 5. The highest BCUT2D eigenvalue weighted by Crippen LogP contribution is 2.35. The number of nitrogens with one attached hydrogen (secondary N) is 1. The van der Waals surface area contributed by atoms with Gasteiger partial charge in [0.05, 0.1) is 17.9 Å². The molecule has 0 amide bonds. The number of halogens is 1. The number of rotatable bonds is 5. The SMILES string of the molecule is CC1C=CC=CC1c1nn2c(Cl)cnc2cc1[C@H](C)Nc1ncnc(N)c1C(=O)O. The lowest BCUT2D eigenvalue weighted by Gasteiger charge is -2.25. The number of carboxylic acids is 1. The maximum atomic E-state index is 11.6. The second-order valence-electron chi connectivity index (χ2n) is 7.14. The summed E-state index contributed by atoms with van der Waals surface area (Å²) < 4.78 is 1.59. The molecule has 0 aromatic carbocycles. The summed E-state index contributed by atoms with van der Waals surface area (Å²) in [5, 5.41) is 17.8. The standard InChI is InChI=1S/C20H20ClN7O2/c1-10-5-3-4-6-12(10)17-13(7-15-23-8-14(21)28(15)27-17)11(2)26-19-16(20(29)30)18(22)24-9-25-19/h3-12H,1-2H3,(H,29,30)(H3,22,24,25,26)/t10?,11-,12?/m0/s1. The molecule has 9 nitrogen and oxygen atoms in total. The molecule has 0 spiro atoms. The van der Waals surface area contributed by atoms with E-state index in [4.69, 9.17) is 22.4 Å². The summed E-state index contributed by atoms with van der Waals surface area (Å²) in [7, 11) is 0. The molecular weight excluding hydrogens is 406 g/mol. The number of aromatic carboxylic acids is 1. The lowest BCUT2D eigenvalue weighted by atomic mass is 9.84. The summed E-state index contributed by atoms with van der Waals surface area (Å²) in [6.07, 6.45) is 11.0. The van der Waals surface area contributed by atoms with Gasteiger partial charge in [-0.25, -0.2) is 24.3 Å². The summed E-state index contributed by atoms with van der Waals surface area (Å²) in [5.74, 6) is -0.925. The molecule has 0 aliphatic heterocycles. The van der Waals surface area contributed by atoms with E-state index in [1.807, 2.05) is 25.1 Å². The third-order valence-corrected chi connectivity index (χ3v) is 5.41. The smallest absolute Gasteiger partial charge is 0.343 e. The van der Waals surface area contributed by atoms with E-state index < -0.39 is 5.97 Å². The number of nitrogen functional groups attached to an aromatic ring is 1. The minimum absolute atomic E-state index is 0.0199. The average molecular weight is 426 g/mol. The van der Waals surface area contributed by atoms with Gasteiger partial charge in [-0.1, -0.05) is 42.8 Å². The molecule has 154 valence electrons. The molecule has 4 N–H and O–H groups in total. The lowest BCUT2D eigenvalue weighted by molar-refractivity contribution is 0.0698. The van der Waals surface area contributed by atoms with Gasteiger partial charge in [-0.3, -0.25) is 0 Å². The Kier molecular flexibility index (Phi) is 5.13. The molecule has 10 heteroatoms. The summed E-state index contributed by atoms with van der Waals surface area (Å²) in [4.78, 5) is 23.8. The third-order valence-electron chi connectivity index (χ3n) is 5.15. The molecular formula is C20H20ClN7O2. The maximum absolute atomic E-state index is 11.6. The molecule has 0 bridgehead atoms. The van der Waals surface area contributed by atoms with E-state index in [0.29, 0.717) is 10.8 Å². The first-order chi connectivity index (χ1) is 14.4. The van der Waals surface area contributed by atoms with Gasteiger partial charge < -0.3 is 16.2 Å². The quantitative estimate of drug-likeness (QED) is 0.566. The Bertz CT molecular complexity index is 1190. The summed E-state index contributed by atoms with van der Waals surface area (Å²) in [6.45, 7) is 4.01. The van der Waals surface area contributed by atoms with Crippen LogP contribution in [0.2, 0.25) is 5.15 Å². The highest BCUT2D eigenvalue weighted by molar-refractivity contribution is 6.29. The van der Waals surface area contributed by atoms with E-state index in [1.54, 1.807) is 10.7 Å². The molecule has 3 aromatic heterocycles. The van der Waals surface area contributed by atoms with Gasteiger partial charge in [0.1, 0.15) is 23.5 Å². The molecule has 4 rings (SSSR count). The molecule has 3 atom stereocenters. The van der Waals surface area contributed by atoms with Gasteiger partial charge in [-0.05, 0) is 18.9 Å². The van der Waals surface area contributed by atoms with Crippen LogP contribution in [0.25, 0.3) is 5.65 Å². The van der Waals surface area contributed by atoms with E-state index in [2.05, 4.69) is 39.3 Å². The van der Waals surface area contributed by atoms with Crippen molar-refractivity contribution in [3.63, 3.8) is 0 Å². The van der Waals surface area contributed by atoms with Crippen LogP contribution in [0.1, 0.15) is 47.4 Å². The Hall–Kier alpha value is -3.46. The van der Waals surface area contributed by atoms with Crippen LogP contribution in [-0.4, -0.2) is 35.6 Å². The van der Waals surface area contributed by atoms with E-state index in [9.17, 15) is 9.90 Å². The Morgan fingerprint density at radius 3 is 2.80 bits per heavy atom. The second kappa shape index (κ2) is 7.75. The molecule has 3 heterocycles. The monoisotopic (exact) mass is 425 g/mol. The van der Waals surface area contributed by atoms with Gasteiger partial charge in [0, 0.05) is 11.5 Å². The van der Waals surface area contributed by atoms with Crippen molar-refractivity contribution in [2.75, 3.05) is 11.1 Å². The van der Waals surface area contributed by atoms with Crippen molar-refractivity contribution in [1.82, 2.24) is 24.6 Å². The number of nitrogens with two attached hydrogens (primary N) is 1. The topological polar surface area (TPSA) is 131 Å². The molecule has 3 aromatic rings. The first kappa shape index (κ1) is 19.8. The van der Waals surface area contributed by atoms with Crippen molar-refractivity contribution >= 4 is 34.9 Å². The van der Waals surface area contributed by atoms with Crippen LogP contribution in [0.5, 0.6) is 0 Å². The third kappa shape index (κ3) is 3.48. The number of allylic oxidation sites excluding steroid dienone is 4. The largest absolute Gasteiger partial charge is 0.477 e. The van der Waals surface area contributed by atoms with E-state index in [1.165, 1.54) is 6.33 Å². The van der Waals surface area contributed by atoms with Crippen LogP contribution in [0.3, 0.4) is 0 Å². The number of aromatic nitrogens is 5. The van der Waals surface area contributed by atoms with Crippen molar-refractivity contribution in [3.8, 4) is 0 Å². The van der Waals surface area contributed by atoms with Crippen LogP contribution in [-0.2, 0) is 0 Å². The fraction of sp³-hybridized carbons (Fsp3) is 0.250. The number of fused-ring (bicyclic) bond motifs is 1. The van der Waals surface area contributed by atoms with Gasteiger partial charge in [0.2, 0.25) is 0 Å². The van der Waals surface area contributed by atoms with Gasteiger partial charge in [0.15, 0.2) is 10.8 Å². The summed E-state index contributed by atoms with van der Waals surface area (Å²) in [5.41, 5.74) is 7.85. The first-order valence-electron chi connectivity index (χ1n) is 9.36.